The van der Waals surface area contributed by atoms with Crippen LogP contribution >= 0.6 is 0 Å². The van der Waals surface area contributed by atoms with Gasteiger partial charge in [-0.3, -0.25) is 0 Å². The van der Waals surface area contributed by atoms with E-state index in [-0.39, 0.29) is 6.10 Å². The van der Waals surface area contributed by atoms with E-state index >= 15 is 0 Å². The van der Waals surface area contributed by atoms with Crippen LogP contribution < -0.4 is 5.32 Å². The molecule has 1 atom stereocenters. The molecule has 0 unspecified atom stereocenters. The van der Waals surface area contributed by atoms with Crippen LogP contribution in [0.4, 0.5) is 5.82 Å². The molecule has 0 radical (unpaired) electrons. The zero-order chi connectivity index (χ0) is 8.10. The minimum Gasteiger partial charge on any atom is -0.392 e. The second kappa shape index (κ2) is 3.88. The summed E-state index contributed by atoms with van der Waals surface area (Å²) >= 11 is 0. The van der Waals surface area contributed by atoms with E-state index in [4.69, 9.17) is 5.11 Å². The largest absolute Gasteiger partial charge is 0.392 e. The zero-order valence-electron chi connectivity index (χ0n) is 6.36. The summed E-state index contributed by atoms with van der Waals surface area (Å²) in [5.74, 6) is 0.688. The molecule has 0 aliphatic heterocycles. The van der Waals surface area contributed by atoms with Gasteiger partial charge >= 0.3 is 0 Å². The van der Waals surface area contributed by atoms with E-state index in [1.54, 1.807) is 25.3 Å². The molecule has 4 nitrogen and oxygen atoms in total. The van der Waals surface area contributed by atoms with Gasteiger partial charge < -0.3 is 10.4 Å². The summed E-state index contributed by atoms with van der Waals surface area (Å²) in [7, 11) is 0. The second-order valence-corrected chi connectivity index (χ2v) is 2.34. The second-order valence-electron chi connectivity index (χ2n) is 2.34. The molecule has 1 aromatic heterocycles. The normalized spacial score (nSPS) is 12.5. The molecule has 0 fully saturated rings. The number of hydrogen-bond acceptors (Lipinski definition) is 4. The van der Waals surface area contributed by atoms with Gasteiger partial charge in [-0.25, -0.2) is 0 Å². The highest BCUT2D eigenvalue weighted by Gasteiger charge is 1.95. The number of hydrogen-bond donors (Lipinski definition) is 2. The van der Waals surface area contributed by atoms with E-state index in [9.17, 15) is 0 Å². The first-order valence-corrected chi connectivity index (χ1v) is 3.48. The van der Waals surface area contributed by atoms with Crippen molar-refractivity contribution < 1.29 is 5.11 Å². The number of aliphatic hydroxyl groups is 1. The molecule has 0 bridgehead atoms. The van der Waals surface area contributed by atoms with Crippen LogP contribution in [0.5, 0.6) is 0 Å². The van der Waals surface area contributed by atoms with Crippen molar-refractivity contribution in [1.29, 1.82) is 0 Å². The molecule has 0 saturated heterocycles. The molecule has 4 heteroatoms. The van der Waals surface area contributed by atoms with Crippen molar-refractivity contribution in [1.82, 2.24) is 10.2 Å². The maximum atomic E-state index is 8.90. The zero-order valence-corrected chi connectivity index (χ0v) is 6.36. The summed E-state index contributed by atoms with van der Waals surface area (Å²) < 4.78 is 0. The SMILES string of the molecule is C[C@H](O)CNc1cccnn1. The van der Waals surface area contributed by atoms with Gasteiger partial charge in [0.2, 0.25) is 0 Å². The molecular weight excluding hydrogens is 142 g/mol. The maximum absolute atomic E-state index is 8.90. The van der Waals surface area contributed by atoms with Gasteiger partial charge in [0.25, 0.3) is 0 Å². The Kier molecular flexibility index (Phi) is 2.80. The van der Waals surface area contributed by atoms with Crippen molar-refractivity contribution in [3.05, 3.63) is 18.3 Å². The van der Waals surface area contributed by atoms with Gasteiger partial charge in [0.1, 0.15) is 5.82 Å². The van der Waals surface area contributed by atoms with Gasteiger partial charge in [-0.05, 0) is 19.1 Å². The van der Waals surface area contributed by atoms with E-state index in [1.807, 2.05) is 0 Å². The van der Waals surface area contributed by atoms with Crippen LogP contribution in [0, 0.1) is 0 Å². The Hall–Kier alpha value is -1.16. The molecule has 1 rings (SSSR count). The van der Waals surface area contributed by atoms with Gasteiger partial charge in [-0.15, -0.1) is 5.10 Å². The molecule has 60 valence electrons. The third kappa shape index (κ3) is 2.95. The van der Waals surface area contributed by atoms with Gasteiger partial charge in [-0.2, -0.15) is 5.10 Å². The van der Waals surface area contributed by atoms with Crippen LogP contribution in [-0.4, -0.2) is 28.0 Å². The standard InChI is InChI=1S/C7H11N3O/c1-6(11)5-8-7-3-2-4-9-10-7/h2-4,6,11H,5H2,1H3,(H,8,10)/t6-/m0/s1. The lowest BCUT2D eigenvalue weighted by Crippen LogP contribution is -2.16. The highest BCUT2D eigenvalue weighted by molar-refractivity contribution is 5.31. The Balaban J connectivity index is 2.39. The van der Waals surface area contributed by atoms with Crippen LogP contribution in [0.1, 0.15) is 6.92 Å². The quantitative estimate of drug-likeness (QED) is 0.654. The van der Waals surface area contributed by atoms with Crippen molar-refractivity contribution in [2.75, 3.05) is 11.9 Å². The summed E-state index contributed by atoms with van der Waals surface area (Å²) in [5, 5.41) is 19.3. The lowest BCUT2D eigenvalue weighted by Gasteiger charge is -2.05. The molecule has 0 aliphatic carbocycles. The molecule has 1 aromatic rings. The third-order valence-corrected chi connectivity index (χ3v) is 1.15. The van der Waals surface area contributed by atoms with Gasteiger partial charge in [-0.1, -0.05) is 0 Å². The number of nitrogens with zero attached hydrogens (tertiary/aromatic N) is 2. The lowest BCUT2D eigenvalue weighted by molar-refractivity contribution is 0.208. The van der Waals surface area contributed by atoms with Gasteiger partial charge in [0.05, 0.1) is 6.10 Å². The fourth-order valence-corrected chi connectivity index (χ4v) is 0.648. The van der Waals surface area contributed by atoms with Crippen LogP contribution in [0.15, 0.2) is 18.3 Å². The predicted octanol–water partition coefficient (Wildman–Crippen LogP) is 0.269. The van der Waals surface area contributed by atoms with Crippen molar-refractivity contribution in [3.8, 4) is 0 Å². The van der Waals surface area contributed by atoms with Crippen LogP contribution in [0.2, 0.25) is 0 Å². The van der Waals surface area contributed by atoms with Crippen molar-refractivity contribution in [2.24, 2.45) is 0 Å². The van der Waals surface area contributed by atoms with Crippen molar-refractivity contribution >= 4 is 5.82 Å². The average molecular weight is 153 g/mol. The summed E-state index contributed by atoms with van der Waals surface area (Å²) in [5.41, 5.74) is 0. The maximum Gasteiger partial charge on any atom is 0.148 e. The van der Waals surface area contributed by atoms with Gasteiger partial charge in [0, 0.05) is 12.7 Å². The highest BCUT2D eigenvalue weighted by Crippen LogP contribution is 1.96. The fraction of sp³-hybridized carbons (Fsp3) is 0.429. The Morgan fingerprint density at radius 3 is 3.09 bits per heavy atom. The topological polar surface area (TPSA) is 58.0 Å². The number of rotatable bonds is 3. The summed E-state index contributed by atoms with van der Waals surface area (Å²) in [4.78, 5) is 0. The number of aliphatic hydroxyl groups excluding tert-OH is 1. The molecule has 0 saturated carbocycles. The van der Waals surface area contributed by atoms with Crippen molar-refractivity contribution in [3.63, 3.8) is 0 Å². The first-order valence-electron chi connectivity index (χ1n) is 3.48. The van der Waals surface area contributed by atoms with Gasteiger partial charge in [0.15, 0.2) is 0 Å². The molecular formula is C7H11N3O. The Morgan fingerprint density at radius 2 is 2.55 bits per heavy atom. The highest BCUT2D eigenvalue weighted by atomic mass is 16.3. The smallest absolute Gasteiger partial charge is 0.148 e. The molecule has 1 heterocycles. The predicted molar refractivity (Wildman–Crippen MR) is 42.2 cm³/mol. The van der Waals surface area contributed by atoms with E-state index in [0.29, 0.717) is 12.4 Å². The average Bonchev–Trinajstić information content (AvgIpc) is 2.03. The van der Waals surface area contributed by atoms with Crippen LogP contribution in [0.25, 0.3) is 0 Å². The molecule has 2 N–H and O–H groups in total. The Morgan fingerprint density at radius 1 is 1.73 bits per heavy atom. The number of nitrogens with one attached hydrogen (secondary N) is 1. The van der Waals surface area contributed by atoms with E-state index in [0.717, 1.165) is 0 Å². The Labute approximate surface area is 65.3 Å². The first-order chi connectivity index (χ1) is 5.29. The van der Waals surface area contributed by atoms with E-state index < -0.39 is 0 Å². The summed E-state index contributed by atoms with van der Waals surface area (Å²) in [6.45, 7) is 2.21. The number of anilines is 1. The monoisotopic (exact) mass is 153 g/mol. The lowest BCUT2D eigenvalue weighted by atomic mass is 10.4. The van der Waals surface area contributed by atoms with Crippen LogP contribution in [0.3, 0.4) is 0 Å². The third-order valence-electron chi connectivity index (χ3n) is 1.15. The molecule has 0 spiro atoms. The molecule has 0 aliphatic rings. The van der Waals surface area contributed by atoms with Crippen molar-refractivity contribution in [2.45, 2.75) is 13.0 Å². The first kappa shape index (κ1) is 7.94. The minimum atomic E-state index is -0.364. The van der Waals surface area contributed by atoms with E-state index in [1.165, 1.54) is 0 Å². The van der Waals surface area contributed by atoms with Crippen LogP contribution in [-0.2, 0) is 0 Å². The Bertz CT molecular complexity index is 200. The molecule has 0 amide bonds. The summed E-state index contributed by atoms with van der Waals surface area (Å²) in [6, 6.07) is 3.59. The van der Waals surface area contributed by atoms with E-state index in [2.05, 4.69) is 15.5 Å². The molecule has 11 heavy (non-hydrogen) atoms. The fourth-order valence-electron chi connectivity index (χ4n) is 0.648. The summed E-state index contributed by atoms with van der Waals surface area (Å²) in [6.07, 6.45) is 1.24. The number of aromatic nitrogens is 2. The molecule has 0 aromatic carbocycles. The minimum absolute atomic E-state index is 0.364.